The Morgan fingerprint density at radius 2 is 1.76 bits per heavy atom. The molecule has 16 heteroatoms. The molecule has 5 unspecified atom stereocenters. The van der Waals surface area contributed by atoms with Gasteiger partial charge in [-0.25, -0.2) is 19.1 Å². The van der Waals surface area contributed by atoms with Crippen molar-refractivity contribution in [2.75, 3.05) is 11.9 Å². The van der Waals surface area contributed by atoms with Crippen molar-refractivity contribution in [3.05, 3.63) is 48.9 Å². The zero-order chi connectivity index (χ0) is 26.1. The minimum Gasteiger partial charge on any atom is -0.387 e. The highest BCUT2D eigenvalue weighted by Crippen LogP contribution is 2.57. The van der Waals surface area contributed by atoms with Gasteiger partial charge in [-0.1, -0.05) is 24.3 Å². The molecular formula is C21H20N4O10P2. The predicted octanol–water partition coefficient (Wildman–Crippen LogP) is 2.15. The Balaban J connectivity index is 1.35. The van der Waals surface area contributed by atoms with Gasteiger partial charge in [0.25, 0.3) is 0 Å². The van der Waals surface area contributed by atoms with E-state index in [1.807, 2.05) is 36.4 Å². The Morgan fingerprint density at radius 3 is 2.49 bits per heavy atom. The second kappa shape index (κ2) is 8.65. The Bertz CT molecular complexity index is 1640. The van der Waals surface area contributed by atoms with E-state index in [1.54, 1.807) is 6.20 Å². The summed E-state index contributed by atoms with van der Waals surface area (Å²) in [6.45, 7) is -0.800. The largest absolute Gasteiger partial charge is 0.481 e. The second-order valence-corrected chi connectivity index (χ2v) is 11.5. The van der Waals surface area contributed by atoms with Crippen LogP contribution in [0.15, 0.2) is 48.9 Å². The van der Waals surface area contributed by atoms with Crippen molar-refractivity contribution in [2.24, 2.45) is 0 Å². The molecule has 0 amide bonds. The fraction of sp³-hybridized carbons (Fsp3) is 0.238. The fourth-order valence-corrected chi connectivity index (χ4v) is 6.29. The first kappa shape index (κ1) is 24.6. The molecule has 0 spiro atoms. The second-order valence-electron chi connectivity index (χ2n) is 8.62. The van der Waals surface area contributed by atoms with Gasteiger partial charge >= 0.3 is 15.6 Å². The molecule has 6 rings (SSSR count). The van der Waals surface area contributed by atoms with Crippen LogP contribution in [-0.2, 0) is 22.7 Å². The molecular weight excluding hydrogens is 530 g/mol. The molecule has 4 aromatic rings. The summed E-state index contributed by atoms with van der Waals surface area (Å²) in [5, 5.41) is 27.3. The minimum absolute atomic E-state index is 0.404. The maximum absolute atomic E-state index is 11.8. The summed E-state index contributed by atoms with van der Waals surface area (Å²) in [4.78, 5) is 35.7. The maximum atomic E-state index is 11.8. The van der Waals surface area contributed by atoms with E-state index < -0.39 is 46.8 Å². The first-order valence-corrected chi connectivity index (χ1v) is 13.9. The van der Waals surface area contributed by atoms with Crippen LogP contribution in [-0.4, -0.2) is 64.3 Å². The number of ether oxygens (including phenoxy) is 1. The zero-order valence-corrected chi connectivity index (χ0v) is 20.4. The monoisotopic (exact) mass is 550 g/mol. The lowest BCUT2D eigenvalue weighted by Gasteiger charge is -2.18. The highest BCUT2D eigenvalue weighted by atomic mass is 31.3. The summed E-state index contributed by atoms with van der Waals surface area (Å²) in [5.74, 6) is 0.547. The van der Waals surface area contributed by atoms with Crippen LogP contribution in [0.1, 0.15) is 6.23 Å². The zero-order valence-electron chi connectivity index (χ0n) is 18.6. The van der Waals surface area contributed by atoms with Crippen LogP contribution in [0.2, 0.25) is 0 Å². The number of benzene rings is 2. The quantitative estimate of drug-likeness (QED) is 0.168. The van der Waals surface area contributed by atoms with Gasteiger partial charge < -0.3 is 39.5 Å². The Morgan fingerprint density at radius 1 is 1.03 bits per heavy atom. The topological polar surface area (TPSA) is 206 Å². The molecule has 2 aromatic carbocycles. The fourth-order valence-electron chi connectivity index (χ4n) is 4.69. The molecule has 2 aliphatic heterocycles. The molecule has 2 aromatic heterocycles. The van der Waals surface area contributed by atoms with Crippen molar-refractivity contribution in [1.82, 2.24) is 14.5 Å². The molecule has 1 fully saturated rings. The normalized spacial score (nSPS) is 24.7. The van der Waals surface area contributed by atoms with Gasteiger partial charge in [-0.15, -0.1) is 0 Å². The summed E-state index contributed by atoms with van der Waals surface area (Å²) < 4.78 is 38.3. The van der Waals surface area contributed by atoms with Gasteiger partial charge in [-0.2, -0.15) is 4.31 Å². The van der Waals surface area contributed by atoms with Gasteiger partial charge in [0.15, 0.2) is 6.23 Å². The lowest BCUT2D eigenvalue weighted by molar-refractivity contribution is -0.0500. The minimum atomic E-state index is -5.32. The van der Waals surface area contributed by atoms with Crippen LogP contribution >= 0.6 is 15.6 Å². The summed E-state index contributed by atoms with van der Waals surface area (Å²) in [5.41, 5.74) is 2.87. The molecule has 2 aliphatic rings. The Labute approximate surface area is 207 Å². The molecule has 4 heterocycles. The molecule has 14 nitrogen and oxygen atoms in total. The van der Waals surface area contributed by atoms with Crippen LogP contribution < -0.4 is 5.32 Å². The van der Waals surface area contributed by atoms with E-state index >= 15 is 0 Å². The lowest BCUT2D eigenvalue weighted by Crippen LogP contribution is -2.33. The number of aromatic nitrogens is 3. The molecule has 0 radical (unpaired) electrons. The molecule has 37 heavy (non-hydrogen) atoms. The van der Waals surface area contributed by atoms with Crippen molar-refractivity contribution < 1.29 is 47.6 Å². The van der Waals surface area contributed by atoms with Crippen LogP contribution in [0, 0.1) is 0 Å². The number of phosphoric ester groups is 1. The average molecular weight is 550 g/mol. The molecule has 5 atom stereocenters. The number of nitrogens with zero attached hydrogens (tertiary/aromatic N) is 3. The number of aliphatic hydroxyl groups excluding tert-OH is 2. The average Bonchev–Trinajstić information content (AvgIpc) is 3.34. The predicted molar refractivity (Wildman–Crippen MR) is 129 cm³/mol. The van der Waals surface area contributed by atoms with E-state index in [0.717, 1.165) is 27.6 Å². The van der Waals surface area contributed by atoms with Crippen LogP contribution in [0.25, 0.3) is 32.9 Å². The SMILES string of the molecule is O=P(O)(O)OP(=O)(O)OCC1OC(n2cc3c4c(ncnc42)Nc2cc4ccccc4cc2-3)C(O)C1O. The van der Waals surface area contributed by atoms with E-state index in [2.05, 4.69) is 24.1 Å². The van der Waals surface area contributed by atoms with Crippen LogP contribution in [0.4, 0.5) is 11.5 Å². The summed E-state index contributed by atoms with van der Waals surface area (Å²) in [6.07, 6.45) is -2.51. The van der Waals surface area contributed by atoms with Gasteiger partial charge in [-0.3, -0.25) is 4.52 Å². The van der Waals surface area contributed by atoms with Crippen molar-refractivity contribution >= 4 is 49.0 Å². The number of hydrogen-bond donors (Lipinski definition) is 6. The smallest absolute Gasteiger partial charge is 0.387 e. The van der Waals surface area contributed by atoms with E-state index in [-0.39, 0.29) is 0 Å². The van der Waals surface area contributed by atoms with Crippen molar-refractivity contribution in [1.29, 1.82) is 0 Å². The first-order chi connectivity index (χ1) is 17.5. The maximum Gasteiger partial charge on any atom is 0.481 e. The third kappa shape index (κ3) is 4.37. The van der Waals surface area contributed by atoms with Gasteiger partial charge in [-0.05, 0) is 22.9 Å². The highest BCUT2D eigenvalue weighted by molar-refractivity contribution is 7.60. The summed E-state index contributed by atoms with van der Waals surface area (Å²) in [7, 11) is -10.5. The Kier molecular flexibility index (Phi) is 5.75. The van der Waals surface area contributed by atoms with Crippen molar-refractivity contribution in [3.8, 4) is 11.1 Å². The first-order valence-electron chi connectivity index (χ1n) is 10.9. The van der Waals surface area contributed by atoms with E-state index in [4.69, 9.17) is 14.5 Å². The van der Waals surface area contributed by atoms with E-state index in [1.165, 1.54) is 10.9 Å². The standard InChI is InChI=1S/C21H20N4O10P2/c26-17-15(8-33-37(31,32)35-36(28,29)30)34-21(18(17)27)25-7-13-12-5-10-3-1-2-4-11(10)6-14(12)24-19-16(13)20(25)23-9-22-19/h1-7,9,15,17-18,21,26-27H,8H2,(H,31,32)(H,22,23,24)(H2,28,29,30). The number of fused-ring (bicyclic) bond motifs is 3. The van der Waals surface area contributed by atoms with E-state index in [9.17, 15) is 24.2 Å². The number of aliphatic hydroxyl groups is 2. The van der Waals surface area contributed by atoms with Crippen molar-refractivity contribution in [3.63, 3.8) is 0 Å². The molecule has 0 bridgehead atoms. The molecule has 1 saturated heterocycles. The lowest BCUT2D eigenvalue weighted by atomic mass is 9.97. The number of nitrogens with one attached hydrogen (secondary N) is 1. The third-order valence-corrected chi connectivity index (χ3v) is 8.41. The van der Waals surface area contributed by atoms with Crippen LogP contribution in [0.5, 0.6) is 0 Å². The third-order valence-electron chi connectivity index (χ3n) is 6.26. The number of phosphoric acid groups is 2. The number of anilines is 2. The summed E-state index contributed by atoms with van der Waals surface area (Å²) in [6, 6.07) is 11.9. The van der Waals surface area contributed by atoms with E-state index in [0.29, 0.717) is 16.9 Å². The van der Waals surface area contributed by atoms with Gasteiger partial charge in [0.2, 0.25) is 0 Å². The van der Waals surface area contributed by atoms with Crippen molar-refractivity contribution in [2.45, 2.75) is 24.5 Å². The molecule has 0 aliphatic carbocycles. The van der Waals surface area contributed by atoms with Gasteiger partial charge in [0.1, 0.15) is 36.1 Å². The number of rotatable bonds is 6. The van der Waals surface area contributed by atoms with Gasteiger partial charge in [0.05, 0.1) is 12.0 Å². The van der Waals surface area contributed by atoms with Crippen LogP contribution in [0.3, 0.4) is 0 Å². The molecule has 194 valence electrons. The molecule has 0 saturated carbocycles. The number of hydrogen-bond acceptors (Lipinski definition) is 10. The highest BCUT2D eigenvalue weighted by Gasteiger charge is 2.46. The Hall–Kier alpha value is -2.74. The van der Waals surface area contributed by atoms with Gasteiger partial charge in [0, 0.05) is 23.0 Å². The summed E-state index contributed by atoms with van der Waals surface area (Å²) >= 11 is 0. The molecule has 6 N–H and O–H groups in total.